The molecule has 1 N–H and O–H groups in total. The van der Waals surface area contributed by atoms with Crippen molar-refractivity contribution in [1.82, 2.24) is 10.2 Å². The predicted octanol–water partition coefficient (Wildman–Crippen LogP) is 1.98. The van der Waals surface area contributed by atoms with E-state index < -0.39 is 27.1 Å². The maximum Gasteiger partial charge on any atom is 0.277 e. The van der Waals surface area contributed by atoms with Crippen LogP contribution in [0.2, 0.25) is 0 Å². The molecule has 1 aromatic rings. The fourth-order valence-corrected chi connectivity index (χ4v) is 3.10. The molecule has 0 spiro atoms. The van der Waals surface area contributed by atoms with Gasteiger partial charge in [0, 0.05) is 37.8 Å². The van der Waals surface area contributed by atoms with Gasteiger partial charge in [-0.1, -0.05) is 13.8 Å². The number of hydrogen-bond acceptors (Lipinski definition) is 7. The average molecular weight is 380 g/mol. The summed E-state index contributed by atoms with van der Waals surface area (Å²) in [5.41, 5.74) is -1.07. The predicted molar refractivity (Wildman–Crippen MR) is 97.7 cm³/mol. The Kier molecular flexibility index (Phi) is 7.19. The molecule has 148 valence electrons. The Bertz CT molecular complexity index is 670. The van der Waals surface area contributed by atoms with Crippen molar-refractivity contribution in [2.75, 3.05) is 32.8 Å². The van der Waals surface area contributed by atoms with Gasteiger partial charge in [0.05, 0.1) is 34.7 Å². The smallest absolute Gasteiger partial charge is 0.277 e. The number of benzene rings is 1. The number of amides is 1. The summed E-state index contributed by atoms with van der Waals surface area (Å²) in [6, 6.07) is 3.04. The first kappa shape index (κ1) is 20.7. The molecular weight excluding hydrogens is 356 g/mol. The number of hydrogen-bond donors (Lipinski definition) is 1. The molecule has 2 rings (SSSR count). The van der Waals surface area contributed by atoms with Gasteiger partial charge in [0.2, 0.25) is 0 Å². The average Bonchev–Trinajstić information content (AvgIpc) is 2.64. The highest BCUT2D eigenvalue weighted by atomic mass is 16.6. The van der Waals surface area contributed by atoms with Crippen molar-refractivity contribution in [1.29, 1.82) is 0 Å². The van der Waals surface area contributed by atoms with Crippen molar-refractivity contribution in [3.63, 3.8) is 0 Å². The third-order valence-electron chi connectivity index (χ3n) is 4.39. The van der Waals surface area contributed by atoms with Crippen molar-refractivity contribution < 1.29 is 19.4 Å². The standard InChI is InChI=1S/C17H24N4O6/c1-12(2)7-16(19-3-5-27-6-4-19)11-18-17(22)13-8-14(20(23)24)10-15(9-13)21(25)26/h8-10,12,16H,3-7,11H2,1-2H3,(H,18,22). The van der Waals surface area contributed by atoms with Crippen LogP contribution in [0.4, 0.5) is 11.4 Å². The molecule has 10 nitrogen and oxygen atoms in total. The summed E-state index contributed by atoms with van der Waals surface area (Å²) in [6.07, 6.45) is 0.870. The SMILES string of the molecule is CC(C)CC(CNC(=O)c1cc([N+](=O)[O-])cc([N+](=O)[O-])c1)N1CCOCC1. The van der Waals surface area contributed by atoms with Crippen molar-refractivity contribution in [2.45, 2.75) is 26.3 Å². The number of carbonyl (C=O) groups is 1. The molecule has 0 aliphatic carbocycles. The summed E-state index contributed by atoms with van der Waals surface area (Å²) in [4.78, 5) is 35.2. The minimum absolute atomic E-state index is 0.0961. The molecule has 1 unspecified atom stereocenters. The normalized spacial score (nSPS) is 16.1. The third kappa shape index (κ3) is 5.97. The van der Waals surface area contributed by atoms with Crippen molar-refractivity contribution in [3.05, 3.63) is 44.0 Å². The van der Waals surface area contributed by atoms with Gasteiger partial charge in [0.25, 0.3) is 17.3 Å². The van der Waals surface area contributed by atoms with Crippen LogP contribution in [-0.2, 0) is 4.74 Å². The number of nitrogens with zero attached hydrogens (tertiary/aromatic N) is 3. The molecule has 10 heteroatoms. The first-order chi connectivity index (χ1) is 12.8. The van der Waals surface area contributed by atoms with E-state index in [2.05, 4.69) is 24.1 Å². The fraction of sp³-hybridized carbons (Fsp3) is 0.588. The Morgan fingerprint density at radius 1 is 1.15 bits per heavy atom. The Hall–Kier alpha value is -2.59. The number of morpholine rings is 1. The number of ether oxygens (including phenoxy) is 1. The van der Waals surface area contributed by atoms with Gasteiger partial charge in [0.1, 0.15) is 0 Å². The summed E-state index contributed by atoms with van der Waals surface area (Å²) in [5.74, 6) is -0.141. The molecule has 1 atom stereocenters. The number of nitro benzene ring substituents is 2. The van der Waals surface area contributed by atoms with Gasteiger partial charge in [-0.15, -0.1) is 0 Å². The maximum atomic E-state index is 12.5. The van der Waals surface area contributed by atoms with Crippen LogP contribution in [0.25, 0.3) is 0 Å². The summed E-state index contributed by atoms with van der Waals surface area (Å²) in [5, 5.41) is 24.7. The maximum absolute atomic E-state index is 12.5. The third-order valence-corrected chi connectivity index (χ3v) is 4.39. The number of nitrogens with one attached hydrogen (secondary N) is 1. The van der Waals surface area contributed by atoms with Gasteiger partial charge in [-0.05, 0) is 12.3 Å². The molecule has 1 fully saturated rings. The largest absolute Gasteiger partial charge is 0.379 e. The number of carbonyl (C=O) groups excluding carboxylic acids is 1. The number of rotatable bonds is 8. The van der Waals surface area contributed by atoms with Gasteiger partial charge in [0.15, 0.2) is 0 Å². The minimum atomic E-state index is -0.751. The molecule has 0 aromatic heterocycles. The molecule has 1 aromatic carbocycles. The summed E-state index contributed by atoms with van der Waals surface area (Å²) >= 11 is 0. The quantitative estimate of drug-likeness (QED) is 0.539. The lowest BCUT2D eigenvalue weighted by molar-refractivity contribution is -0.394. The summed E-state index contributed by atoms with van der Waals surface area (Å²) < 4.78 is 5.36. The van der Waals surface area contributed by atoms with Crippen LogP contribution >= 0.6 is 0 Å². The van der Waals surface area contributed by atoms with E-state index in [9.17, 15) is 25.0 Å². The molecule has 1 heterocycles. The molecular formula is C17H24N4O6. The first-order valence-electron chi connectivity index (χ1n) is 8.81. The highest BCUT2D eigenvalue weighted by Crippen LogP contribution is 2.23. The highest BCUT2D eigenvalue weighted by Gasteiger charge is 2.24. The van der Waals surface area contributed by atoms with Gasteiger partial charge in [-0.25, -0.2) is 0 Å². The van der Waals surface area contributed by atoms with E-state index in [-0.39, 0.29) is 11.6 Å². The summed E-state index contributed by atoms with van der Waals surface area (Å²) in [7, 11) is 0. The van der Waals surface area contributed by atoms with Gasteiger partial charge in [-0.3, -0.25) is 29.9 Å². The zero-order chi connectivity index (χ0) is 20.0. The monoisotopic (exact) mass is 380 g/mol. The van der Waals surface area contributed by atoms with Crippen LogP contribution in [0.1, 0.15) is 30.6 Å². The highest BCUT2D eigenvalue weighted by molar-refractivity contribution is 5.95. The van der Waals surface area contributed by atoms with E-state index in [1.54, 1.807) is 0 Å². The Morgan fingerprint density at radius 2 is 1.70 bits per heavy atom. The number of nitro groups is 2. The van der Waals surface area contributed by atoms with Gasteiger partial charge < -0.3 is 10.1 Å². The molecule has 27 heavy (non-hydrogen) atoms. The van der Waals surface area contributed by atoms with Crippen LogP contribution in [0.5, 0.6) is 0 Å². The van der Waals surface area contributed by atoms with Crippen LogP contribution in [0.3, 0.4) is 0 Å². The zero-order valence-electron chi connectivity index (χ0n) is 15.4. The second kappa shape index (κ2) is 9.38. The van der Waals surface area contributed by atoms with Crippen LogP contribution in [0.15, 0.2) is 18.2 Å². The topological polar surface area (TPSA) is 128 Å². The van der Waals surface area contributed by atoms with E-state index in [4.69, 9.17) is 4.74 Å². The molecule has 0 saturated carbocycles. The van der Waals surface area contributed by atoms with E-state index >= 15 is 0 Å². The van der Waals surface area contributed by atoms with Crippen molar-refractivity contribution >= 4 is 17.3 Å². The summed E-state index contributed by atoms with van der Waals surface area (Å²) in [6.45, 7) is 7.37. The minimum Gasteiger partial charge on any atom is -0.379 e. The van der Waals surface area contributed by atoms with Crippen LogP contribution in [-0.4, -0.2) is 59.5 Å². The first-order valence-corrected chi connectivity index (χ1v) is 8.81. The zero-order valence-corrected chi connectivity index (χ0v) is 15.4. The van der Waals surface area contributed by atoms with Gasteiger partial charge in [-0.2, -0.15) is 0 Å². The van der Waals surface area contributed by atoms with Crippen LogP contribution < -0.4 is 5.32 Å². The molecule has 1 saturated heterocycles. The number of non-ortho nitro benzene ring substituents is 2. The lowest BCUT2D eigenvalue weighted by Gasteiger charge is -2.35. The van der Waals surface area contributed by atoms with E-state index in [0.717, 1.165) is 37.7 Å². The second-order valence-corrected chi connectivity index (χ2v) is 6.89. The fourth-order valence-electron chi connectivity index (χ4n) is 3.10. The lowest BCUT2D eigenvalue weighted by atomic mass is 10.0. The Morgan fingerprint density at radius 3 is 2.19 bits per heavy atom. The molecule has 1 aliphatic heterocycles. The van der Waals surface area contributed by atoms with E-state index in [1.807, 2.05) is 0 Å². The van der Waals surface area contributed by atoms with E-state index in [1.165, 1.54) is 0 Å². The van der Waals surface area contributed by atoms with Crippen LogP contribution in [0, 0.1) is 26.1 Å². The lowest BCUT2D eigenvalue weighted by Crippen LogP contribution is -2.49. The molecule has 0 bridgehead atoms. The van der Waals surface area contributed by atoms with E-state index in [0.29, 0.717) is 25.7 Å². The van der Waals surface area contributed by atoms with Gasteiger partial charge >= 0.3 is 0 Å². The molecule has 1 amide bonds. The molecule has 0 radical (unpaired) electrons. The molecule has 1 aliphatic rings. The second-order valence-electron chi connectivity index (χ2n) is 6.89. The Labute approximate surface area is 156 Å². The Balaban J connectivity index is 2.12. The van der Waals surface area contributed by atoms with Crippen molar-refractivity contribution in [2.24, 2.45) is 5.92 Å². The van der Waals surface area contributed by atoms with Crippen molar-refractivity contribution in [3.8, 4) is 0 Å².